The fourth-order valence-electron chi connectivity index (χ4n) is 8.35. The van der Waals surface area contributed by atoms with Crippen molar-refractivity contribution >= 4 is 84.8 Å². The van der Waals surface area contributed by atoms with Crippen LogP contribution in [0.15, 0.2) is 164 Å². The highest BCUT2D eigenvalue weighted by atomic mass is 32.1. The number of benzene rings is 8. The lowest BCUT2D eigenvalue weighted by atomic mass is 9.81. The second kappa shape index (κ2) is 12.3. The van der Waals surface area contributed by atoms with Gasteiger partial charge in [-0.2, -0.15) is 10.5 Å². The molecule has 0 aliphatic carbocycles. The molecule has 0 N–H and O–H groups in total. The van der Waals surface area contributed by atoms with Crippen molar-refractivity contribution in [3.8, 4) is 51.2 Å². The van der Waals surface area contributed by atoms with Gasteiger partial charge in [-0.25, -0.2) is 0 Å². The highest BCUT2D eigenvalue weighted by Crippen LogP contribution is 2.52. The molecule has 0 aliphatic rings. The van der Waals surface area contributed by atoms with Crippen molar-refractivity contribution in [3.05, 3.63) is 175 Å². The monoisotopic (exact) mass is 738 g/mol. The van der Waals surface area contributed by atoms with Gasteiger partial charge in [0.25, 0.3) is 0 Å². The molecule has 0 bridgehead atoms. The van der Waals surface area contributed by atoms with E-state index in [0.717, 1.165) is 62.2 Å². The number of nitriles is 2. The van der Waals surface area contributed by atoms with Crippen LogP contribution in [-0.4, -0.2) is 4.57 Å². The van der Waals surface area contributed by atoms with Crippen LogP contribution in [0.5, 0.6) is 0 Å². The molecule has 0 amide bonds. The van der Waals surface area contributed by atoms with Crippen LogP contribution in [-0.2, 0) is 0 Å². The number of fused-ring (bicyclic) bond motifs is 11. The molecule has 0 radical (unpaired) electrons. The minimum absolute atomic E-state index is 0.0404. The summed E-state index contributed by atoms with van der Waals surface area (Å²) in [7, 11) is 0. The summed E-state index contributed by atoms with van der Waals surface area (Å²) in [6.45, 7) is 0. The van der Waals surface area contributed by atoms with Gasteiger partial charge in [-0.1, -0.05) is 152 Å². The molecule has 3 aromatic heterocycles. The largest absolute Gasteiger partial charge is 0.304 e. The van der Waals surface area contributed by atoms with Gasteiger partial charge in [0.2, 0.25) is 0 Å². The molecule has 0 aliphatic heterocycles. The molecule has 0 saturated carbocycles. The van der Waals surface area contributed by atoms with Gasteiger partial charge in [0.05, 0.1) is 44.1 Å². The minimum atomic E-state index is -0.535. The molecule has 254 valence electrons. The number of hydrogen-bond acceptors (Lipinski definition) is 4. The topological polar surface area (TPSA) is 52.5 Å². The van der Waals surface area contributed by atoms with Crippen molar-refractivity contribution in [2.45, 2.75) is 0 Å². The van der Waals surface area contributed by atoms with E-state index in [0.29, 0.717) is 27.9 Å². The summed E-state index contributed by atoms with van der Waals surface area (Å²) in [5, 5.41) is 29.4. The summed E-state index contributed by atoms with van der Waals surface area (Å²) in [5.74, 6) is 0. The molecule has 3 nitrogen and oxygen atoms in total. The molecule has 3 heterocycles. The number of thiophene rings is 2. The fourth-order valence-corrected chi connectivity index (χ4v) is 10.8. The first-order chi connectivity index (χ1) is 29.3. The maximum absolute atomic E-state index is 11.7. The van der Waals surface area contributed by atoms with Crippen molar-refractivity contribution in [1.29, 1.82) is 10.5 Å². The summed E-state index contributed by atoms with van der Waals surface area (Å²) >= 11 is 3.35. The lowest BCUT2D eigenvalue weighted by molar-refractivity contribution is 1.18. The molecular weight excluding hydrogens is 707 g/mol. The van der Waals surface area contributed by atoms with E-state index in [4.69, 9.17) is 4.11 Å². The van der Waals surface area contributed by atoms with Crippen LogP contribution in [0.2, 0.25) is 0 Å². The Bertz CT molecular complexity index is 3580. The van der Waals surface area contributed by atoms with Gasteiger partial charge in [0.1, 0.15) is 12.1 Å². The first kappa shape index (κ1) is 26.7. The number of aromatic nitrogens is 1. The Balaban J connectivity index is 1.50. The van der Waals surface area contributed by atoms with E-state index in [1.165, 1.54) is 0 Å². The third-order valence-corrected chi connectivity index (χ3v) is 13.0. The van der Waals surface area contributed by atoms with Gasteiger partial charge in [-0.15, -0.1) is 22.7 Å². The van der Waals surface area contributed by atoms with Gasteiger partial charge in [0.15, 0.2) is 0 Å². The quantitative estimate of drug-likeness (QED) is 0.180. The zero-order chi connectivity index (χ0) is 41.0. The number of nitrogens with zero attached hydrogens (tertiary/aromatic N) is 3. The second-order valence-corrected chi connectivity index (χ2v) is 15.5. The Morgan fingerprint density at radius 1 is 0.436 bits per heavy atom. The molecule has 5 heteroatoms. The van der Waals surface area contributed by atoms with E-state index >= 15 is 0 Å². The summed E-state index contributed by atoms with van der Waals surface area (Å²) in [6, 6.07) is 46.4. The summed E-state index contributed by atoms with van der Waals surface area (Å²) < 4.78 is 51.4. The highest BCUT2D eigenvalue weighted by molar-refractivity contribution is 7.27. The van der Waals surface area contributed by atoms with Crippen LogP contribution >= 0.6 is 22.7 Å². The molecule has 55 heavy (non-hydrogen) atoms. The lowest BCUT2D eigenvalue weighted by Gasteiger charge is -2.24. The first-order valence-corrected chi connectivity index (χ1v) is 19.4. The Labute approximate surface area is 331 Å². The molecule has 0 unspecified atom stereocenters. The average molecular weight is 739 g/mol. The lowest BCUT2D eigenvalue weighted by Crippen LogP contribution is -2.07. The van der Waals surface area contributed by atoms with Crippen molar-refractivity contribution in [3.63, 3.8) is 0 Å². The van der Waals surface area contributed by atoms with E-state index in [1.54, 1.807) is 22.7 Å². The van der Waals surface area contributed by atoms with Crippen LogP contribution < -0.4 is 0 Å². The SMILES string of the molecule is [2H]c1c([2H])c([2H])c(-c2c(C#N)c(-c3ccccc3)c(C#N)c(-n3c4c(ccc5c6ccccc6sc54)c4ccc5c6ccccc6sc5c43)c2-c2ccccc2)c([2H])c1[2H]. The predicted molar refractivity (Wildman–Crippen MR) is 232 cm³/mol. The fraction of sp³-hybridized carbons (Fsp3) is 0. The van der Waals surface area contributed by atoms with E-state index in [9.17, 15) is 13.3 Å². The normalized spacial score (nSPS) is 12.9. The molecule has 8 aromatic carbocycles. The highest BCUT2D eigenvalue weighted by Gasteiger charge is 2.31. The van der Waals surface area contributed by atoms with Crippen molar-refractivity contribution in [2.75, 3.05) is 0 Å². The average Bonchev–Trinajstić information content (AvgIpc) is 3.97. The maximum Gasteiger partial charge on any atom is 0.102 e. The van der Waals surface area contributed by atoms with Crippen LogP contribution in [0.4, 0.5) is 0 Å². The maximum atomic E-state index is 11.7. The Morgan fingerprint density at radius 2 is 0.909 bits per heavy atom. The minimum Gasteiger partial charge on any atom is -0.304 e. The summed E-state index contributed by atoms with van der Waals surface area (Å²) in [6.07, 6.45) is 0. The van der Waals surface area contributed by atoms with Gasteiger partial charge in [-0.3, -0.25) is 0 Å². The zero-order valence-corrected chi connectivity index (χ0v) is 30.5. The predicted octanol–water partition coefficient (Wildman–Crippen LogP) is 14.3. The van der Waals surface area contributed by atoms with Gasteiger partial charge in [0, 0.05) is 58.4 Å². The smallest absolute Gasteiger partial charge is 0.102 e. The van der Waals surface area contributed by atoms with Crippen LogP contribution in [0.3, 0.4) is 0 Å². The summed E-state index contributed by atoms with van der Waals surface area (Å²) in [5.41, 5.74) is 4.45. The van der Waals surface area contributed by atoms with Crippen LogP contribution in [0, 0.1) is 22.7 Å². The van der Waals surface area contributed by atoms with Gasteiger partial charge >= 0.3 is 0 Å². The molecular formula is C50H27N3S2. The van der Waals surface area contributed by atoms with Gasteiger partial charge in [-0.05, 0) is 28.8 Å². The molecule has 0 saturated heterocycles. The molecule has 11 rings (SSSR count). The van der Waals surface area contributed by atoms with Crippen LogP contribution in [0.25, 0.3) is 101 Å². The van der Waals surface area contributed by atoms with Gasteiger partial charge < -0.3 is 4.57 Å². The van der Waals surface area contributed by atoms with E-state index in [-0.39, 0.29) is 22.3 Å². The Kier molecular flexibility index (Phi) is 5.95. The van der Waals surface area contributed by atoms with Crippen molar-refractivity contribution in [2.24, 2.45) is 0 Å². The molecule has 0 fully saturated rings. The zero-order valence-electron chi connectivity index (χ0n) is 33.9. The third kappa shape index (κ3) is 4.52. The number of hydrogen-bond donors (Lipinski definition) is 0. The first-order valence-electron chi connectivity index (χ1n) is 20.2. The molecule has 0 atom stereocenters. The van der Waals surface area contributed by atoms with Crippen LogP contribution in [0.1, 0.15) is 18.0 Å². The molecule has 11 aromatic rings. The standard InChI is InChI=1S/C50H27N3S2/c51-28-39-43(30-14-4-1-5-15-30)40(29-52)46(45(32-18-8-3-9-19-32)44(39)31-16-6-2-7-17-31)53-47-35(24-26-37-33-20-10-12-22-41(33)54-49(37)47)36-25-27-38-34-21-11-13-23-42(34)55-50(38)48(36)53/h1-27H/i2D,6D,7D,16D,17D. The second-order valence-electron chi connectivity index (χ2n) is 13.4. The third-order valence-electron chi connectivity index (χ3n) is 10.6. The summed E-state index contributed by atoms with van der Waals surface area (Å²) in [4.78, 5) is 0. The molecule has 0 spiro atoms. The van der Waals surface area contributed by atoms with E-state index in [1.807, 2.05) is 84.9 Å². The Hall–Kier alpha value is -7.02. The van der Waals surface area contributed by atoms with Crippen molar-refractivity contribution in [1.82, 2.24) is 4.57 Å². The van der Waals surface area contributed by atoms with Crippen molar-refractivity contribution < 1.29 is 6.85 Å². The van der Waals surface area contributed by atoms with E-state index in [2.05, 4.69) is 65.2 Å². The van der Waals surface area contributed by atoms with E-state index < -0.39 is 30.2 Å². The number of rotatable bonds is 4. The Morgan fingerprint density at radius 3 is 1.44 bits per heavy atom.